The van der Waals surface area contributed by atoms with Crippen molar-refractivity contribution in [2.24, 2.45) is 15.0 Å². The van der Waals surface area contributed by atoms with Gasteiger partial charge in [-0.2, -0.15) is 0 Å². The maximum atomic E-state index is 10.9. The second-order valence-electron chi connectivity index (χ2n) is 15.6. The van der Waals surface area contributed by atoms with Crippen LogP contribution < -0.4 is 20.0 Å². The molecule has 3 aliphatic rings. The first-order chi connectivity index (χ1) is 26.8. The van der Waals surface area contributed by atoms with Gasteiger partial charge in [0.25, 0.3) is 0 Å². The monoisotopic (exact) mass is 756 g/mol. The van der Waals surface area contributed by atoms with Gasteiger partial charge in [0.05, 0.1) is 31.0 Å². The number of aliphatic imine (C=N–C) groups is 2. The smallest absolute Gasteiger partial charge is 0.123 e. The van der Waals surface area contributed by atoms with Crippen LogP contribution in [-0.2, 0) is 19.3 Å². The van der Waals surface area contributed by atoms with E-state index in [-0.39, 0.29) is 40.9 Å². The Balaban J connectivity index is 0.000000172. The standard InChI is InChI=1S/2C23H26N2O3/c2*1-12(2)17-11-21(26)13(3)18(23(17)27)10-20-22-16(7-8-24-20)15-6-5-14(28-4)9-19(15)25-22/h5-6,9,11-12,25-27H,7-8,10H2,1-4H3;5-6,9,11-12,22,26-27H,7-8,10H2,1-4H3. The number of nitrogens with zero attached hydrogens (tertiary/aromatic N) is 3. The minimum Gasteiger partial charge on any atom is -0.508 e. The molecule has 0 fully saturated rings. The number of hydrogen-bond donors (Lipinski definition) is 5. The van der Waals surface area contributed by atoms with Crippen LogP contribution in [0.25, 0.3) is 16.5 Å². The molecule has 0 bridgehead atoms. The summed E-state index contributed by atoms with van der Waals surface area (Å²) in [7, 11) is 3.32. The summed E-state index contributed by atoms with van der Waals surface area (Å²) in [6.45, 7) is 13.2. The highest BCUT2D eigenvalue weighted by molar-refractivity contribution is 6.07. The summed E-state index contributed by atoms with van der Waals surface area (Å²) in [6.07, 6.45) is 2.73. The van der Waals surface area contributed by atoms with E-state index in [0.29, 0.717) is 24.0 Å². The van der Waals surface area contributed by atoms with Crippen molar-refractivity contribution in [2.45, 2.75) is 85.1 Å². The van der Waals surface area contributed by atoms with Crippen molar-refractivity contribution in [3.63, 3.8) is 0 Å². The number of methoxy groups -OCH3 is 2. The van der Waals surface area contributed by atoms with Crippen LogP contribution in [0.5, 0.6) is 34.5 Å². The topological polar surface area (TPSA) is 152 Å². The van der Waals surface area contributed by atoms with Gasteiger partial charge in [-0.1, -0.05) is 27.7 Å². The van der Waals surface area contributed by atoms with Crippen molar-refractivity contribution in [1.29, 1.82) is 0 Å². The first kappa shape index (κ1) is 38.5. The number of phenols is 4. The Kier molecular flexibility index (Phi) is 10.6. The van der Waals surface area contributed by atoms with Crippen molar-refractivity contribution in [2.75, 3.05) is 27.3 Å². The number of aromatic amines is 1. The third-order valence-corrected chi connectivity index (χ3v) is 11.6. The number of ether oxygens (including phenoxy) is 2. The zero-order valence-electron chi connectivity index (χ0n) is 33.5. The molecule has 56 heavy (non-hydrogen) atoms. The first-order valence-electron chi connectivity index (χ1n) is 19.4. The summed E-state index contributed by atoms with van der Waals surface area (Å²) in [5.41, 5.74) is 10.8. The van der Waals surface area contributed by atoms with Crippen LogP contribution in [0, 0.1) is 13.8 Å². The average molecular weight is 757 g/mol. The Bertz CT molecular complexity index is 2550. The molecule has 1 aromatic heterocycles. The van der Waals surface area contributed by atoms with Gasteiger partial charge in [0.1, 0.15) is 40.5 Å². The van der Waals surface area contributed by atoms with Gasteiger partial charge in [-0.05, 0) is 97.2 Å². The molecule has 8 rings (SSSR count). The van der Waals surface area contributed by atoms with Crippen LogP contribution in [-0.4, -0.2) is 70.2 Å². The lowest BCUT2D eigenvalue weighted by Gasteiger charge is -2.23. The molecule has 0 amide bonds. The molecule has 5 N–H and O–H groups in total. The van der Waals surface area contributed by atoms with E-state index in [1.165, 1.54) is 16.5 Å². The third kappa shape index (κ3) is 6.97. The molecular formula is C46H52N4O6. The lowest BCUT2D eigenvalue weighted by Crippen LogP contribution is -2.28. The minimum absolute atomic E-state index is 0.0977. The summed E-state index contributed by atoms with van der Waals surface area (Å²) < 4.78 is 10.7. The molecule has 5 aromatic rings. The highest BCUT2D eigenvalue weighted by Gasteiger charge is 2.30. The Morgan fingerprint density at radius 3 is 1.95 bits per heavy atom. The number of hydrogen-bond acceptors (Lipinski definition) is 9. The molecule has 0 saturated heterocycles. The lowest BCUT2D eigenvalue weighted by molar-refractivity contribution is 0.414. The summed E-state index contributed by atoms with van der Waals surface area (Å²) in [5, 5.41) is 45.8. The zero-order chi connectivity index (χ0) is 40.0. The van der Waals surface area contributed by atoms with Crippen LogP contribution in [0.3, 0.4) is 0 Å². The fraction of sp³-hybridized carbons (Fsp3) is 0.370. The molecule has 292 valence electrons. The predicted molar refractivity (Wildman–Crippen MR) is 222 cm³/mol. The van der Waals surface area contributed by atoms with E-state index in [2.05, 4.69) is 17.1 Å². The number of benzene rings is 4. The molecule has 0 saturated carbocycles. The molecule has 1 unspecified atom stereocenters. The van der Waals surface area contributed by atoms with Crippen LogP contribution >= 0.6 is 0 Å². The zero-order valence-corrected chi connectivity index (χ0v) is 33.5. The average Bonchev–Trinajstić information content (AvgIpc) is 3.76. The van der Waals surface area contributed by atoms with Gasteiger partial charge < -0.3 is 34.9 Å². The highest BCUT2D eigenvalue weighted by Crippen LogP contribution is 2.40. The number of nitrogens with one attached hydrogen (secondary N) is 1. The van der Waals surface area contributed by atoms with Crippen molar-refractivity contribution < 1.29 is 29.9 Å². The van der Waals surface area contributed by atoms with E-state index in [9.17, 15) is 20.4 Å². The molecule has 0 radical (unpaired) electrons. The number of rotatable bonds is 8. The Morgan fingerprint density at radius 1 is 0.732 bits per heavy atom. The Morgan fingerprint density at radius 2 is 1.32 bits per heavy atom. The van der Waals surface area contributed by atoms with E-state index in [1.807, 2.05) is 65.8 Å². The molecule has 10 heteroatoms. The third-order valence-electron chi connectivity index (χ3n) is 11.6. The maximum absolute atomic E-state index is 10.9. The normalized spacial score (nSPS) is 15.8. The van der Waals surface area contributed by atoms with E-state index in [0.717, 1.165) is 92.9 Å². The van der Waals surface area contributed by atoms with Gasteiger partial charge in [-0.3, -0.25) is 15.0 Å². The molecule has 3 aliphatic heterocycles. The van der Waals surface area contributed by atoms with E-state index in [1.54, 1.807) is 26.4 Å². The molecule has 10 nitrogen and oxygen atoms in total. The fourth-order valence-corrected chi connectivity index (χ4v) is 8.20. The Hall–Kier alpha value is -5.77. The molecule has 4 aromatic carbocycles. The second kappa shape index (κ2) is 15.4. The van der Waals surface area contributed by atoms with Crippen LogP contribution in [0.15, 0.2) is 63.5 Å². The number of aromatic hydroxyl groups is 4. The van der Waals surface area contributed by atoms with Gasteiger partial charge in [-0.15, -0.1) is 0 Å². The Labute approximate surface area is 327 Å². The fourth-order valence-electron chi connectivity index (χ4n) is 8.20. The molecule has 1 atom stereocenters. The summed E-state index contributed by atoms with van der Waals surface area (Å²) >= 11 is 0. The molecule has 0 aliphatic carbocycles. The molecule has 0 spiro atoms. The molecule has 4 heterocycles. The maximum Gasteiger partial charge on any atom is 0.123 e. The molecular weight excluding hydrogens is 705 g/mol. The number of aromatic nitrogens is 1. The van der Waals surface area contributed by atoms with Crippen molar-refractivity contribution in [1.82, 2.24) is 4.98 Å². The SMILES string of the molecule is COc1ccc2c(c1)=NC1C(Cc3c(C)c(O)cc(C(C)C)c3O)=NCCC=21.COc1ccc2c3c([nH]c2c1)C(Cc1c(C)c(O)cc(C(C)C)c1O)=NCC3. The quantitative estimate of drug-likeness (QED) is 0.104. The number of H-pyrrole nitrogens is 1. The van der Waals surface area contributed by atoms with Gasteiger partial charge in [0.15, 0.2) is 0 Å². The summed E-state index contributed by atoms with van der Waals surface area (Å²) in [4.78, 5) is 17.9. The van der Waals surface area contributed by atoms with E-state index >= 15 is 0 Å². The van der Waals surface area contributed by atoms with Gasteiger partial charge >= 0.3 is 0 Å². The lowest BCUT2D eigenvalue weighted by atomic mass is 9.88. The van der Waals surface area contributed by atoms with E-state index < -0.39 is 0 Å². The van der Waals surface area contributed by atoms with Crippen molar-refractivity contribution in [3.05, 3.63) is 104 Å². The minimum atomic E-state index is -0.0977. The largest absolute Gasteiger partial charge is 0.508 e. The second-order valence-corrected chi connectivity index (χ2v) is 15.6. The summed E-state index contributed by atoms with van der Waals surface area (Å²) in [6, 6.07) is 15.3. The van der Waals surface area contributed by atoms with Crippen molar-refractivity contribution >= 4 is 27.9 Å². The van der Waals surface area contributed by atoms with Crippen molar-refractivity contribution in [3.8, 4) is 34.5 Å². The van der Waals surface area contributed by atoms with Gasteiger partial charge in [-0.25, -0.2) is 0 Å². The van der Waals surface area contributed by atoms with E-state index in [4.69, 9.17) is 24.5 Å². The van der Waals surface area contributed by atoms with Crippen LogP contribution in [0.2, 0.25) is 0 Å². The number of fused-ring (bicyclic) bond motifs is 5. The first-order valence-corrected chi connectivity index (χ1v) is 19.4. The van der Waals surface area contributed by atoms with Crippen LogP contribution in [0.4, 0.5) is 0 Å². The van der Waals surface area contributed by atoms with Gasteiger partial charge in [0, 0.05) is 82.2 Å². The van der Waals surface area contributed by atoms with Crippen LogP contribution in [0.1, 0.15) is 90.6 Å². The highest BCUT2D eigenvalue weighted by atomic mass is 16.5. The summed E-state index contributed by atoms with van der Waals surface area (Å²) in [5.74, 6) is 2.80. The predicted octanol–water partition coefficient (Wildman–Crippen LogP) is 7.39. The number of phenolic OH excluding ortho intramolecular Hbond substituents is 4. The van der Waals surface area contributed by atoms with Gasteiger partial charge in [0.2, 0.25) is 0 Å².